The normalized spacial score (nSPS) is 16.6. The number of rotatable bonds is 9. The smallest absolute Gasteiger partial charge is 0.318 e. The van der Waals surface area contributed by atoms with Gasteiger partial charge in [0.2, 0.25) is 5.91 Å². The number of piperazine rings is 1. The topological polar surface area (TPSA) is 82.3 Å². The Morgan fingerprint density at radius 1 is 1.36 bits per heavy atom. The van der Waals surface area contributed by atoms with Gasteiger partial charge in [0.25, 0.3) is 0 Å². The molecule has 0 unspecified atom stereocenters. The lowest BCUT2D eigenvalue weighted by molar-refractivity contribution is -0.128. The fraction of sp³-hybridized carbons (Fsp3) is 0.619. The number of unbranched alkanes of at least 4 members (excludes halogenated alkanes) is 2. The summed E-state index contributed by atoms with van der Waals surface area (Å²) in [4.78, 5) is 25.2. The van der Waals surface area contributed by atoms with Crippen molar-refractivity contribution in [3.63, 3.8) is 0 Å². The van der Waals surface area contributed by atoms with Gasteiger partial charge in [0, 0.05) is 30.9 Å². The van der Waals surface area contributed by atoms with Crippen LogP contribution in [0.3, 0.4) is 0 Å². The van der Waals surface area contributed by atoms with Gasteiger partial charge >= 0.3 is 6.01 Å². The maximum absolute atomic E-state index is 12.1. The summed E-state index contributed by atoms with van der Waals surface area (Å²) in [5, 5.41) is 9.20. The van der Waals surface area contributed by atoms with Crippen LogP contribution in [0, 0.1) is 18.3 Å². The molecule has 0 radical (unpaired) electrons. The molecule has 7 nitrogen and oxygen atoms in total. The van der Waals surface area contributed by atoms with Gasteiger partial charge in [0.1, 0.15) is 5.82 Å². The molecule has 0 saturated carbocycles. The Bertz CT molecular complexity index is 728. The van der Waals surface area contributed by atoms with E-state index in [-0.39, 0.29) is 18.4 Å². The first-order valence-corrected chi connectivity index (χ1v) is 10.1. The largest absolute Gasteiger partial charge is 0.463 e. The second-order valence-corrected chi connectivity index (χ2v) is 7.00. The first-order valence-electron chi connectivity index (χ1n) is 10.1. The molecule has 0 aromatic carbocycles. The number of aryl methyl sites for hydroxylation is 1. The maximum Gasteiger partial charge on any atom is 0.318 e. The number of amides is 1. The Morgan fingerprint density at radius 3 is 2.79 bits per heavy atom. The van der Waals surface area contributed by atoms with Crippen LogP contribution in [0.4, 0.5) is 5.82 Å². The highest BCUT2D eigenvalue weighted by Crippen LogP contribution is 2.27. The van der Waals surface area contributed by atoms with E-state index in [0.717, 1.165) is 42.8 Å². The zero-order valence-corrected chi connectivity index (χ0v) is 17.3. The minimum absolute atomic E-state index is 0.130. The second kappa shape index (κ2) is 10.6. The molecule has 1 aliphatic heterocycles. The number of aromatic nitrogens is 2. The van der Waals surface area contributed by atoms with E-state index in [1.165, 1.54) is 6.08 Å². The Kier molecular flexibility index (Phi) is 8.24. The summed E-state index contributed by atoms with van der Waals surface area (Å²) in [7, 11) is 0. The monoisotopic (exact) mass is 385 g/mol. The van der Waals surface area contributed by atoms with Crippen molar-refractivity contribution in [3.8, 4) is 12.1 Å². The van der Waals surface area contributed by atoms with E-state index in [1.807, 2.05) is 6.92 Å². The average Bonchev–Trinajstić information content (AvgIpc) is 2.70. The number of carbonyl (C=O) groups excluding carboxylic acids is 1. The number of anilines is 1. The number of hydrogen-bond donors (Lipinski definition) is 0. The summed E-state index contributed by atoms with van der Waals surface area (Å²) < 4.78 is 5.79. The number of ether oxygens (including phenoxy) is 1. The number of nitrogens with zero attached hydrogens (tertiary/aromatic N) is 5. The van der Waals surface area contributed by atoms with Crippen molar-refractivity contribution in [3.05, 3.63) is 23.9 Å². The molecule has 0 N–H and O–H groups in total. The second-order valence-electron chi connectivity index (χ2n) is 7.00. The summed E-state index contributed by atoms with van der Waals surface area (Å²) in [5.41, 5.74) is 2.00. The lowest BCUT2D eigenvalue weighted by atomic mass is 10.1. The molecule has 1 aromatic rings. The maximum atomic E-state index is 12.1. The molecular weight excluding hydrogens is 354 g/mol. The molecule has 2 heterocycles. The van der Waals surface area contributed by atoms with Gasteiger partial charge in [0.05, 0.1) is 25.1 Å². The third-order valence-electron chi connectivity index (χ3n) is 5.07. The quantitative estimate of drug-likeness (QED) is 0.480. The minimum Gasteiger partial charge on any atom is -0.463 e. The van der Waals surface area contributed by atoms with E-state index in [9.17, 15) is 10.1 Å². The molecular formula is C21H31N5O2. The van der Waals surface area contributed by atoms with Crippen LogP contribution in [0.1, 0.15) is 50.8 Å². The number of hydrogen-bond acceptors (Lipinski definition) is 6. The van der Waals surface area contributed by atoms with E-state index in [4.69, 9.17) is 9.72 Å². The molecule has 1 aromatic heterocycles. The van der Waals surface area contributed by atoms with Crippen LogP contribution in [-0.2, 0) is 11.2 Å². The molecule has 1 saturated heterocycles. The molecule has 0 aliphatic carbocycles. The van der Waals surface area contributed by atoms with Crippen molar-refractivity contribution >= 4 is 11.7 Å². The van der Waals surface area contributed by atoms with E-state index in [1.54, 1.807) is 4.90 Å². The first-order chi connectivity index (χ1) is 13.5. The molecule has 1 fully saturated rings. The molecule has 28 heavy (non-hydrogen) atoms. The van der Waals surface area contributed by atoms with Gasteiger partial charge in [-0.15, -0.1) is 0 Å². The fourth-order valence-corrected chi connectivity index (χ4v) is 3.55. The van der Waals surface area contributed by atoms with Gasteiger partial charge < -0.3 is 14.5 Å². The van der Waals surface area contributed by atoms with Crippen LogP contribution in [0.15, 0.2) is 12.7 Å². The molecule has 1 aliphatic rings. The third kappa shape index (κ3) is 5.22. The Morgan fingerprint density at radius 2 is 2.14 bits per heavy atom. The lowest BCUT2D eigenvalue weighted by Gasteiger charge is -2.41. The third-order valence-corrected chi connectivity index (χ3v) is 5.07. The van der Waals surface area contributed by atoms with Gasteiger partial charge in [-0.2, -0.15) is 10.2 Å². The van der Waals surface area contributed by atoms with Gasteiger partial charge in [0.15, 0.2) is 0 Å². The Balaban J connectivity index is 2.24. The summed E-state index contributed by atoms with van der Waals surface area (Å²) in [6.07, 6.45) is 5.64. The summed E-state index contributed by atoms with van der Waals surface area (Å²) in [5.74, 6) is 0.726. The van der Waals surface area contributed by atoms with Crippen LogP contribution in [0.25, 0.3) is 0 Å². The van der Waals surface area contributed by atoms with E-state index in [0.29, 0.717) is 32.3 Å². The average molecular weight is 386 g/mol. The lowest BCUT2D eigenvalue weighted by Crippen LogP contribution is -2.55. The summed E-state index contributed by atoms with van der Waals surface area (Å²) in [6, 6.07) is 2.42. The van der Waals surface area contributed by atoms with E-state index < -0.39 is 0 Å². The SMILES string of the molecule is C=CC(=O)N1CCN(c2nc(OCCCCC)nc(C)c2CC)C[C@@H]1CC#N. The molecule has 0 bridgehead atoms. The Hall–Kier alpha value is -2.62. The number of carbonyl (C=O) groups is 1. The molecule has 2 rings (SSSR count). The number of nitriles is 1. The predicted octanol–water partition coefficient (Wildman–Crippen LogP) is 3.03. The van der Waals surface area contributed by atoms with Crippen molar-refractivity contribution in [2.45, 2.75) is 58.9 Å². The van der Waals surface area contributed by atoms with Gasteiger partial charge in [-0.05, 0) is 25.8 Å². The fourth-order valence-electron chi connectivity index (χ4n) is 3.55. The highest BCUT2D eigenvalue weighted by atomic mass is 16.5. The van der Waals surface area contributed by atoms with Crippen molar-refractivity contribution in [2.24, 2.45) is 0 Å². The van der Waals surface area contributed by atoms with Crippen molar-refractivity contribution in [1.29, 1.82) is 5.26 Å². The first kappa shape index (κ1) is 21.7. The highest BCUT2D eigenvalue weighted by Gasteiger charge is 2.31. The standard InChI is InChI=1S/C21H31N5O2/c1-5-8-9-14-28-21-23-16(4)18(6-2)20(24-21)25-12-13-26(19(27)7-3)17(15-25)10-11-22/h7,17H,3,5-6,8-10,12-15H2,1-2,4H3/t17-/m0/s1. The van der Waals surface area contributed by atoms with Crippen molar-refractivity contribution < 1.29 is 9.53 Å². The predicted molar refractivity (Wildman–Crippen MR) is 109 cm³/mol. The molecule has 152 valence electrons. The molecule has 7 heteroatoms. The van der Waals surface area contributed by atoms with Crippen LogP contribution in [0.5, 0.6) is 6.01 Å². The van der Waals surface area contributed by atoms with Crippen LogP contribution in [0.2, 0.25) is 0 Å². The Labute approximate surface area is 168 Å². The molecule has 1 atom stereocenters. The zero-order chi connectivity index (χ0) is 20.5. The van der Waals surface area contributed by atoms with Crippen LogP contribution in [-0.4, -0.2) is 53.1 Å². The van der Waals surface area contributed by atoms with Crippen LogP contribution >= 0.6 is 0 Å². The summed E-state index contributed by atoms with van der Waals surface area (Å²) in [6.45, 7) is 12.2. The van der Waals surface area contributed by atoms with E-state index in [2.05, 4.69) is 36.4 Å². The molecule has 1 amide bonds. The minimum atomic E-state index is -0.182. The van der Waals surface area contributed by atoms with E-state index >= 15 is 0 Å². The van der Waals surface area contributed by atoms with Crippen molar-refractivity contribution in [1.82, 2.24) is 14.9 Å². The zero-order valence-electron chi connectivity index (χ0n) is 17.3. The van der Waals surface area contributed by atoms with Crippen molar-refractivity contribution in [2.75, 3.05) is 31.1 Å². The van der Waals surface area contributed by atoms with Crippen LogP contribution < -0.4 is 9.64 Å². The van der Waals surface area contributed by atoms with Gasteiger partial charge in [-0.25, -0.2) is 4.98 Å². The highest BCUT2D eigenvalue weighted by molar-refractivity contribution is 5.87. The van der Waals surface area contributed by atoms with Gasteiger partial charge in [-0.3, -0.25) is 4.79 Å². The van der Waals surface area contributed by atoms with Gasteiger partial charge in [-0.1, -0.05) is 33.3 Å². The summed E-state index contributed by atoms with van der Waals surface area (Å²) >= 11 is 0. The molecule has 0 spiro atoms.